The first kappa shape index (κ1) is 8.73. The largest absolute Gasteiger partial charge is 0.281 e. The van der Waals surface area contributed by atoms with Crippen LogP contribution in [0.2, 0.25) is 0 Å². The van der Waals surface area contributed by atoms with Crippen molar-refractivity contribution in [2.24, 2.45) is 5.41 Å². The van der Waals surface area contributed by atoms with E-state index < -0.39 is 5.41 Å². The minimum Gasteiger partial charge on any atom is -0.281 e. The van der Waals surface area contributed by atoms with E-state index in [1.54, 1.807) is 0 Å². The fourth-order valence-electron chi connectivity index (χ4n) is 2.52. The molecule has 3 nitrogen and oxygen atoms in total. The molecular weight excluding hydrogens is 166 g/mol. The second-order valence-corrected chi connectivity index (χ2v) is 4.00. The highest BCUT2D eigenvalue weighted by atomic mass is 16.2. The fraction of sp³-hybridized carbons (Fsp3) is 0.800. The third kappa shape index (κ3) is 0.960. The maximum atomic E-state index is 11.7. The quantitative estimate of drug-likeness (QED) is 0.452. The van der Waals surface area contributed by atoms with Gasteiger partial charge in [0, 0.05) is 6.54 Å². The number of β-lactam (4-membered cyclic amide) rings is 2. The van der Waals surface area contributed by atoms with Crippen LogP contribution >= 0.6 is 0 Å². The SMILES string of the molecule is CCN1C(=O)C2(CCCCC2)C1=O. The predicted molar refractivity (Wildman–Crippen MR) is 47.9 cm³/mol. The summed E-state index contributed by atoms with van der Waals surface area (Å²) in [5.41, 5.74) is -0.561. The number of carbonyl (C=O) groups is 2. The van der Waals surface area contributed by atoms with Gasteiger partial charge in [-0.15, -0.1) is 0 Å². The highest BCUT2D eigenvalue weighted by Crippen LogP contribution is 2.45. The Hall–Kier alpha value is -0.860. The van der Waals surface area contributed by atoms with E-state index in [9.17, 15) is 9.59 Å². The molecule has 1 aliphatic carbocycles. The van der Waals surface area contributed by atoms with Crippen molar-refractivity contribution in [3.05, 3.63) is 0 Å². The Morgan fingerprint density at radius 1 is 1.15 bits per heavy atom. The van der Waals surface area contributed by atoms with E-state index in [4.69, 9.17) is 0 Å². The van der Waals surface area contributed by atoms with Crippen molar-refractivity contribution < 1.29 is 9.59 Å². The van der Waals surface area contributed by atoms with Gasteiger partial charge in [-0.25, -0.2) is 0 Å². The molecule has 13 heavy (non-hydrogen) atoms. The molecule has 0 radical (unpaired) electrons. The van der Waals surface area contributed by atoms with Crippen molar-refractivity contribution in [3.63, 3.8) is 0 Å². The number of hydrogen-bond acceptors (Lipinski definition) is 2. The van der Waals surface area contributed by atoms with Crippen LogP contribution in [-0.2, 0) is 9.59 Å². The van der Waals surface area contributed by atoms with Crippen molar-refractivity contribution in [1.82, 2.24) is 4.90 Å². The Balaban J connectivity index is 2.16. The van der Waals surface area contributed by atoms with Crippen LogP contribution in [-0.4, -0.2) is 23.3 Å². The van der Waals surface area contributed by atoms with Crippen LogP contribution in [0.25, 0.3) is 0 Å². The molecule has 2 amide bonds. The molecule has 0 N–H and O–H groups in total. The summed E-state index contributed by atoms with van der Waals surface area (Å²) in [6.07, 6.45) is 4.83. The summed E-state index contributed by atoms with van der Waals surface area (Å²) in [6, 6.07) is 0. The molecule has 2 rings (SSSR count). The Labute approximate surface area is 78.1 Å². The van der Waals surface area contributed by atoms with Crippen LogP contribution in [0, 0.1) is 5.41 Å². The summed E-state index contributed by atoms with van der Waals surface area (Å²) in [5, 5.41) is 0. The number of rotatable bonds is 1. The maximum absolute atomic E-state index is 11.7. The molecule has 3 heteroatoms. The van der Waals surface area contributed by atoms with Crippen LogP contribution in [0.1, 0.15) is 39.0 Å². The first-order valence-electron chi connectivity index (χ1n) is 5.09. The van der Waals surface area contributed by atoms with Gasteiger partial charge in [-0.05, 0) is 19.8 Å². The Kier molecular flexibility index (Phi) is 1.90. The van der Waals surface area contributed by atoms with E-state index in [1.807, 2.05) is 6.92 Å². The highest BCUT2D eigenvalue weighted by molar-refractivity contribution is 6.21. The monoisotopic (exact) mass is 181 g/mol. The lowest BCUT2D eigenvalue weighted by Gasteiger charge is -2.47. The number of carbonyl (C=O) groups excluding carboxylic acids is 2. The zero-order chi connectivity index (χ0) is 9.47. The van der Waals surface area contributed by atoms with Crippen LogP contribution in [0.3, 0.4) is 0 Å². The van der Waals surface area contributed by atoms with Crippen molar-refractivity contribution in [2.75, 3.05) is 6.54 Å². The average molecular weight is 181 g/mol. The zero-order valence-corrected chi connectivity index (χ0v) is 8.01. The molecule has 2 aliphatic rings. The lowest BCUT2D eigenvalue weighted by atomic mass is 9.67. The van der Waals surface area contributed by atoms with Crippen LogP contribution in [0.5, 0.6) is 0 Å². The van der Waals surface area contributed by atoms with E-state index in [2.05, 4.69) is 0 Å². The molecule has 1 saturated heterocycles. The number of likely N-dealkylation sites (tertiary alicyclic amines) is 1. The van der Waals surface area contributed by atoms with E-state index >= 15 is 0 Å². The first-order chi connectivity index (χ1) is 6.22. The summed E-state index contributed by atoms with van der Waals surface area (Å²) < 4.78 is 0. The van der Waals surface area contributed by atoms with E-state index in [0.29, 0.717) is 6.54 Å². The van der Waals surface area contributed by atoms with Crippen LogP contribution in [0.4, 0.5) is 0 Å². The number of nitrogens with zero attached hydrogens (tertiary/aromatic N) is 1. The van der Waals surface area contributed by atoms with Gasteiger partial charge in [0.1, 0.15) is 5.41 Å². The molecule has 1 aliphatic heterocycles. The smallest absolute Gasteiger partial charge is 0.244 e. The van der Waals surface area contributed by atoms with Crippen molar-refractivity contribution in [2.45, 2.75) is 39.0 Å². The Morgan fingerprint density at radius 2 is 1.69 bits per heavy atom. The van der Waals surface area contributed by atoms with Gasteiger partial charge in [-0.2, -0.15) is 0 Å². The minimum atomic E-state index is -0.561. The van der Waals surface area contributed by atoms with Crippen molar-refractivity contribution >= 4 is 11.8 Å². The van der Waals surface area contributed by atoms with Crippen molar-refractivity contribution in [1.29, 1.82) is 0 Å². The van der Waals surface area contributed by atoms with Crippen molar-refractivity contribution in [3.8, 4) is 0 Å². The molecule has 0 atom stereocenters. The molecule has 1 heterocycles. The first-order valence-corrected chi connectivity index (χ1v) is 5.09. The maximum Gasteiger partial charge on any atom is 0.244 e. The molecule has 0 aromatic rings. The van der Waals surface area contributed by atoms with Gasteiger partial charge < -0.3 is 0 Å². The van der Waals surface area contributed by atoms with Gasteiger partial charge in [0.25, 0.3) is 0 Å². The molecule has 2 fully saturated rings. The number of imide groups is 1. The Morgan fingerprint density at radius 3 is 2.15 bits per heavy atom. The fourth-order valence-corrected chi connectivity index (χ4v) is 2.52. The highest BCUT2D eigenvalue weighted by Gasteiger charge is 2.59. The van der Waals surface area contributed by atoms with E-state index in [1.165, 1.54) is 11.3 Å². The molecular formula is C10H15NO2. The predicted octanol–water partition coefficient (Wildman–Crippen LogP) is 1.33. The zero-order valence-electron chi connectivity index (χ0n) is 8.01. The molecule has 0 aromatic carbocycles. The standard InChI is InChI=1S/C10H15NO2/c1-2-11-8(12)10(9(11)13)6-4-3-5-7-10/h2-7H2,1H3. The van der Waals surface area contributed by atoms with Gasteiger partial charge in [0.15, 0.2) is 0 Å². The van der Waals surface area contributed by atoms with Crippen LogP contribution < -0.4 is 0 Å². The van der Waals surface area contributed by atoms with E-state index in [0.717, 1.165) is 25.7 Å². The topological polar surface area (TPSA) is 37.4 Å². The van der Waals surface area contributed by atoms with Gasteiger partial charge in [-0.1, -0.05) is 19.3 Å². The second-order valence-electron chi connectivity index (χ2n) is 4.00. The van der Waals surface area contributed by atoms with Gasteiger partial charge in [-0.3, -0.25) is 14.5 Å². The van der Waals surface area contributed by atoms with Crippen LogP contribution in [0.15, 0.2) is 0 Å². The second kappa shape index (κ2) is 2.82. The summed E-state index contributed by atoms with van der Waals surface area (Å²) >= 11 is 0. The lowest BCUT2D eigenvalue weighted by Crippen LogP contribution is -2.66. The van der Waals surface area contributed by atoms with Gasteiger partial charge >= 0.3 is 0 Å². The number of amides is 2. The molecule has 1 spiro atoms. The summed E-state index contributed by atoms with van der Waals surface area (Å²) in [6.45, 7) is 2.39. The summed E-state index contributed by atoms with van der Waals surface area (Å²) in [4.78, 5) is 24.8. The third-order valence-corrected chi connectivity index (χ3v) is 3.33. The summed E-state index contributed by atoms with van der Waals surface area (Å²) in [5.74, 6) is 0.166. The lowest BCUT2D eigenvalue weighted by molar-refractivity contribution is -0.179. The molecule has 0 unspecified atom stereocenters. The molecule has 0 bridgehead atoms. The van der Waals surface area contributed by atoms with Gasteiger partial charge in [0.2, 0.25) is 11.8 Å². The summed E-state index contributed by atoms with van der Waals surface area (Å²) in [7, 11) is 0. The molecule has 72 valence electrons. The number of hydrogen-bond donors (Lipinski definition) is 0. The van der Waals surface area contributed by atoms with Gasteiger partial charge in [0.05, 0.1) is 0 Å². The Bertz CT molecular complexity index is 236. The average Bonchev–Trinajstić information content (AvgIpc) is 2.20. The minimum absolute atomic E-state index is 0.0831. The molecule has 1 saturated carbocycles. The van der Waals surface area contributed by atoms with E-state index in [-0.39, 0.29) is 11.8 Å². The third-order valence-electron chi connectivity index (χ3n) is 3.33. The normalized spacial score (nSPS) is 26.4. The molecule has 0 aromatic heterocycles.